The molecule has 0 amide bonds. The summed E-state index contributed by atoms with van der Waals surface area (Å²) in [6.07, 6.45) is 2.23. The maximum absolute atomic E-state index is 10.0. The molecule has 0 spiro atoms. The molecule has 0 aromatic rings. The first-order valence-electron chi connectivity index (χ1n) is 5.69. The smallest absolute Gasteiger partial charge is 0.138 e. The Morgan fingerprint density at radius 2 is 2.40 bits per heavy atom. The summed E-state index contributed by atoms with van der Waals surface area (Å²) in [6, 6.07) is 0. The first-order chi connectivity index (χ1) is 7.13. The van der Waals surface area contributed by atoms with Gasteiger partial charge in [-0.2, -0.15) is 0 Å². The molecule has 1 aliphatic rings. The third-order valence-electron chi connectivity index (χ3n) is 2.97. The average molecular weight is 214 g/mol. The minimum Gasteiger partial charge on any atom is -0.390 e. The highest BCUT2D eigenvalue weighted by molar-refractivity contribution is 5.15. The Balaban J connectivity index is 2.63. The Morgan fingerprint density at radius 3 is 2.93 bits per heavy atom. The van der Waals surface area contributed by atoms with Crippen molar-refractivity contribution in [2.45, 2.75) is 44.8 Å². The summed E-state index contributed by atoms with van der Waals surface area (Å²) in [7, 11) is 0. The molecular formula is C12H22O3. The zero-order chi connectivity index (χ0) is 11.3. The summed E-state index contributed by atoms with van der Waals surface area (Å²) in [4.78, 5) is 0. The SMILES string of the molecule is C=C(C)C1(OCCCC)COCCC1O. The van der Waals surface area contributed by atoms with Gasteiger partial charge in [-0.15, -0.1) is 0 Å². The quantitative estimate of drug-likeness (QED) is 0.561. The van der Waals surface area contributed by atoms with E-state index in [9.17, 15) is 5.11 Å². The molecule has 0 radical (unpaired) electrons. The van der Waals surface area contributed by atoms with E-state index >= 15 is 0 Å². The lowest BCUT2D eigenvalue weighted by Gasteiger charge is -2.41. The van der Waals surface area contributed by atoms with E-state index in [2.05, 4.69) is 13.5 Å². The van der Waals surface area contributed by atoms with Gasteiger partial charge in [0.1, 0.15) is 5.60 Å². The van der Waals surface area contributed by atoms with Gasteiger partial charge in [-0.1, -0.05) is 19.9 Å². The van der Waals surface area contributed by atoms with Crippen LogP contribution in [-0.4, -0.2) is 36.6 Å². The molecule has 3 heteroatoms. The largest absolute Gasteiger partial charge is 0.390 e. The highest BCUT2D eigenvalue weighted by Crippen LogP contribution is 2.30. The third-order valence-corrected chi connectivity index (χ3v) is 2.97. The van der Waals surface area contributed by atoms with Gasteiger partial charge >= 0.3 is 0 Å². The fourth-order valence-electron chi connectivity index (χ4n) is 1.82. The van der Waals surface area contributed by atoms with Crippen molar-refractivity contribution in [1.29, 1.82) is 0 Å². The average Bonchev–Trinajstić information content (AvgIpc) is 2.21. The van der Waals surface area contributed by atoms with Gasteiger partial charge in [0.15, 0.2) is 0 Å². The molecule has 0 bridgehead atoms. The summed E-state index contributed by atoms with van der Waals surface area (Å²) in [5, 5.41) is 10.0. The summed E-state index contributed by atoms with van der Waals surface area (Å²) in [6.45, 7) is 9.61. The second-order valence-electron chi connectivity index (χ2n) is 4.23. The Hall–Kier alpha value is -0.380. The van der Waals surface area contributed by atoms with Crippen LogP contribution in [0.5, 0.6) is 0 Å². The van der Waals surface area contributed by atoms with Gasteiger partial charge in [-0.05, 0) is 25.3 Å². The number of rotatable bonds is 5. The van der Waals surface area contributed by atoms with Gasteiger partial charge in [0.2, 0.25) is 0 Å². The topological polar surface area (TPSA) is 38.7 Å². The minimum absolute atomic E-state index is 0.424. The van der Waals surface area contributed by atoms with E-state index in [4.69, 9.17) is 9.47 Å². The summed E-state index contributed by atoms with van der Waals surface area (Å²) >= 11 is 0. The molecular weight excluding hydrogens is 192 g/mol. The molecule has 1 N–H and O–H groups in total. The lowest BCUT2D eigenvalue weighted by Crippen LogP contribution is -2.53. The van der Waals surface area contributed by atoms with Crippen LogP contribution in [0.3, 0.4) is 0 Å². The molecule has 0 aromatic heterocycles. The number of aliphatic hydroxyl groups is 1. The molecule has 1 rings (SSSR count). The van der Waals surface area contributed by atoms with E-state index in [0.717, 1.165) is 18.4 Å². The normalized spacial score (nSPS) is 31.5. The number of unbranched alkanes of at least 4 members (excludes halogenated alkanes) is 1. The number of hydrogen-bond acceptors (Lipinski definition) is 3. The molecule has 1 aliphatic heterocycles. The third kappa shape index (κ3) is 2.80. The second kappa shape index (κ2) is 5.64. The predicted octanol–water partition coefficient (Wildman–Crippen LogP) is 1.90. The zero-order valence-corrected chi connectivity index (χ0v) is 9.79. The van der Waals surface area contributed by atoms with Crippen molar-refractivity contribution < 1.29 is 14.6 Å². The molecule has 0 saturated carbocycles. The first-order valence-corrected chi connectivity index (χ1v) is 5.69. The van der Waals surface area contributed by atoms with Crippen LogP contribution in [0.25, 0.3) is 0 Å². The molecule has 88 valence electrons. The number of hydrogen-bond donors (Lipinski definition) is 1. The van der Waals surface area contributed by atoms with Crippen LogP contribution in [-0.2, 0) is 9.47 Å². The molecule has 1 heterocycles. The van der Waals surface area contributed by atoms with Crippen molar-refractivity contribution in [3.05, 3.63) is 12.2 Å². The Bertz CT molecular complexity index is 215. The molecule has 2 unspecified atom stereocenters. The Labute approximate surface area is 92.1 Å². The maximum Gasteiger partial charge on any atom is 0.138 e. The van der Waals surface area contributed by atoms with Crippen molar-refractivity contribution in [3.8, 4) is 0 Å². The van der Waals surface area contributed by atoms with Crippen LogP contribution in [0.15, 0.2) is 12.2 Å². The Kier molecular flexibility index (Phi) is 4.77. The van der Waals surface area contributed by atoms with E-state index in [1.165, 1.54) is 0 Å². The lowest BCUT2D eigenvalue weighted by molar-refractivity contribution is -0.169. The van der Waals surface area contributed by atoms with E-state index in [-0.39, 0.29) is 0 Å². The molecule has 1 saturated heterocycles. The van der Waals surface area contributed by atoms with E-state index in [1.807, 2.05) is 6.92 Å². The van der Waals surface area contributed by atoms with Gasteiger partial charge in [-0.3, -0.25) is 0 Å². The zero-order valence-electron chi connectivity index (χ0n) is 9.79. The molecule has 0 aromatic carbocycles. The summed E-state index contributed by atoms with van der Waals surface area (Å²) in [5.41, 5.74) is 0.179. The van der Waals surface area contributed by atoms with Crippen molar-refractivity contribution in [1.82, 2.24) is 0 Å². The van der Waals surface area contributed by atoms with E-state index < -0.39 is 11.7 Å². The highest BCUT2D eigenvalue weighted by Gasteiger charge is 2.42. The van der Waals surface area contributed by atoms with Crippen molar-refractivity contribution in [3.63, 3.8) is 0 Å². The van der Waals surface area contributed by atoms with Crippen LogP contribution < -0.4 is 0 Å². The van der Waals surface area contributed by atoms with Gasteiger partial charge in [0.25, 0.3) is 0 Å². The van der Waals surface area contributed by atoms with Crippen molar-refractivity contribution in [2.24, 2.45) is 0 Å². The van der Waals surface area contributed by atoms with Gasteiger partial charge in [0.05, 0.1) is 12.7 Å². The minimum atomic E-state index is -0.673. The van der Waals surface area contributed by atoms with Crippen molar-refractivity contribution in [2.75, 3.05) is 19.8 Å². The second-order valence-corrected chi connectivity index (χ2v) is 4.23. The first kappa shape index (κ1) is 12.7. The molecule has 3 nitrogen and oxygen atoms in total. The van der Waals surface area contributed by atoms with Crippen LogP contribution >= 0.6 is 0 Å². The lowest BCUT2D eigenvalue weighted by atomic mass is 9.87. The van der Waals surface area contributed by atoms with Crippen LogP contribution in [0.1, 0.15) is 33.1 Å². The monoisotopic (exact) mass is 214 g/mol. The van der Waals surface area contributed by atoms with Gasteiger partial charge in [0, 0.05) is 13.2 Å². The Morgan fingerprint density at radius 1 is 1.67 bits per heavy atom. The predicted molar refractivity (Wildman–Crippen MR) is 59.8 cm³/mol. The standard InChI is InChI=1S/C12H22O3/c1-4-5-7-15-12(10(2)3)9-14-8-6-11(12)13/h11,13H,2,4-9H2,1,3H3. The van der Waals surface area contributed by atoms with Crippen LogP contribution in [0, 0.1) is 0 Å². The molecule has 1 fully saturated rings. The fraction of sp³-hybridized carbons (Fsp3) is 0.833. The van der Waals surface area contributed by atoms with Gasteiger partial charge < -0.3 is 14.6 Å². The van der Waals surface area contributed by atoms with Crippen LogP contribution in [0.2, 0.25) is 0 Å². The van der Waals surface area contributed by atoms with E-state index in [1.54, 1.807) is 0 Å². The van der Waals surface area contributed by atoms with Crippen LogP contribution in [0.4, 0.5) is 0 Å². The number of ether oxygens (including phenoxy) is 2. The summed E-state index contributed by atoms with van der Waals surface area (Å²) in [5.74, 6) is 0. The van der Waals surface area contributed by atoms with E-state index in [0.29, 0.717) is 26.2 Å². The van der Waals surface area contributed by atoms with Crippen molar-refractivity contribution >= 4 is 0 Å². The number of aliphatic hydroxyl groups excluding tert-OH is 1. The maximum atomic E-state index is 10.0. The fourth-order valence-corrected chi connectivity index (χ4v) is 1.82. The highest BCUT2D eigenvalue weighted by atomic mass is 16.6. The molecule has 15 heavy (non-hydrogen) atoms. The summed E-state index contributed by atoms with van der Waals surface area (Å²) < 4.78 is 11.2. The molecule has 0 aliphatic carbocycles. The van der Waals surface area contributed by atoms with Gasteiger partial charge in [-0.25, -0.2) is 0 Å². The molecule has 2 atom stereocenters.